The number of nitrogens with zero attached hydrogens (tertiary/aromatic N) is 4. The summed E-state index contributed by atoms with van der Waals surface area (Å²) in [7, 11) is 0. The summed E-state index contributed by atoms with van der Waals surface area (Å²) < 4.78 is 43.6. The van der Waals surface area contributed by atoms with Gasteiger partial charge < -0.3 is 10.1 Å². The van der Waals surface area contributed by atoms with Gasteiger partial charge in [-0.2, -0.15) is 18.3 Å². The van der Waals surface area contributed by atoms with Crippen LogP contribution in [-0.2, 0) is 14.3 Å². The highest BCUT2D eigenvalue weighted by molar-refractivity contribution is 5.95. The Labute approximate surface area is 197 Å². The van der Waals surface area contributed by atoms with Gasteiger partial charge in [0.15, 0.2) is 11.8 Å². The second-order valence-electron chi connectivity index (χ2n) is 7.69. The summed E-state index contributed by atoms with van der Waals surface area (Å²) in [6, 6.07) is 14.6. The highest BCUT2D eigenvalue weighted by Gasteiger charge is 2.43. The maximum absolute atomic E-state index is 12.5. The minimum atomic E-state index is -5.20. The first-order chi connectivity index (χ1) is 16.7. The molecule has 0 fully saturated rings. The summed E-state index contributed by atoms with van der Waals surface area (Å²) in [4.78, 5) is 32.5. The van der Waals surface area contributed by atoms with Gasteiger partial charge in [-0.1, -0.05) is 30.7 Å². The molecule has 3 aromatic heterocycles. The number of carbonyl (C=O) groups excluding carboxylic acids is 2. The smallest absolute Gasteiger partial charge is 0.446 e. The maximum Gasteiger partial charge on any atom is 0.490 e. The molecule has 35 heavy (non-hydrogen) atoms. The number of carbonyl (C=O) groups is 2. The van der Waals surface area contributed by atoms with Gasteiger partial charge in [0, 0.05) is 23.5 Å². The molecule has 0 bridgehead atoms. The SMILES string of the molecule is CCC(OC(=O)C(F)(F)F)C(=O)Nc1cc(-c2c(-c3cccc(C)c3)nc3cccnn23)ccn1. The molecule has 0 saturated carbocycles. The van der Waals surface area contributed by atoms with Gasteiger partial charge in [0.1, 0.15) is 11.5 Å². The molecule has 1 atom stereocenters. The minimum absolute atomic E-state index is 0.0649. The van der Waals surface area contributed by atoms with Crippen LogP contribution in [0.5, 0.6) is 0 Å². The molecule has 0 aliphatic rings. The Hall–Kier alpha value is -4.28. The number of hydrogen-bond acceptors (Lipinski definition) is 6. The fourth-order valence-corrected chi connectivity index (χ4v) is 3.51. The summed E-state index contributed by atoms with van der Waals surface area (Å²) in [5.74, 6) is -3.29. The molecule has 1 unspecified atom stereocenters. The van der Waals surface area contributed by atoms with E-state index in [0.29, 0.717) is 22.6 Å². The highest BCUT2D eigenvalue weighted by Crippen LogP contribution is 2.33. The van der Waals surface area contributed by atoms with Crippen molar-refractivity contribution in [3.8, 4) is 22.5 Å². The van der Waals surface area contributed by atoms with Crippen LogP contribution >= 0.6 is 0 Å². The summed E-state index contributed by atoms with van der Waals surface area (Å²) in [6.07, 6.45) is -3.93. The van der Waals surface area contributed by atoms with E-state index in [1.54, 1.807) is 35.0 Å². The highest BCUT2D eigenvalue weighted by atomic mass is 19.4. The van der Waals surface area contributed by atoms with Crippen LogP contribution in [0.1, 0.15) is 18.9 Å². The standard InChI is InChI=1S/C24H20F3N5O3/c1-3-17(35-23(34)24(25,26)27)22(33)30-18-13-16(9-11-28-18)21-20(15-7-4-6-14(2)12-15)31-19-8-5-10-29-32(19)21/h4-13,17H,3H2,1-2H3,(H,28,30,33). The predicted molar refractivity (Wildman–Crippen MR) is 121 cm³/mol. The number of nitrogens with one attached hydrogen (secondary N) is 1. The number of benzene rings is 1. The van der Waals surface area contributed by atoms with E-state index in [4.69, 9.17) is 4.98 Å². The molecule has 4 aromatic rings. The van der Waals surface area contributed by atoms with E-state index in [9.17, 15) is 22.8 Å². The number of rotatable bonds is 6. The lowest BCUT2D eigenvalue weighted by atomic mass is 10.0. The Balaban J connectivity index is 1.69. The van der Waals surface area contributed by atoms with Crippen molar-refractivity contribution in [1.29, 1.82) is 0 Å². The van der Waals surface area contributed by atoms with Crippen molar-refractivity contribution in [3.63, 3.8) is 0 Å². The minimum Gasteiger partial charge on any atom is -0.446 e. The third-order valence-electron chi connectivity index (χ3n) is 5.11. The Bertz CT molecular complexity index is 1400. The lowest BCUT2D eigenvalue weighted by Crippen LogP contribution is -2.37. The van der Waals surface area contributed by atoms with E-state index in [1.807, 2.05) is 31.2 Å². The van der Waals surface area contributed by atoms with Crippen molar-refractivity contribution in [3.05, 3.63) is 66.5 Å². The van der Waals surface area contributed by atoms with E-state index in [-0.39, 0.29) is 12.2 Å². The molecule has 4 rings (SSSR count). The number of anilines is 1. The van der Waals surface area contributed by atoms with Crippen LogP contribution in [-0.4, -0.2) is 43.7 Å². The zero-order valence-electron chi connectivity index (χ0n) is 18.7. The van der Waals surface area contributed by atoms with Crippen LogP contribution in [0.4, 0.5) is 19.0 Å². The average molecular weight is 483 g/mol. The van der Waals surface area contributed by atoms with Gasteiger partial charge in [-0.25, -0.2) is 19.3 Å². The van der Waals surface area contributed by atoms with Crippen molar-refractivity contribution in [2.45, 2.75) is 32.5 Å². The number of esters is 1. The summed E-state index contributed by atoms with van der Waals surface area (Å²) in [5.41, 5.74) is 4.41. The van der Waals surface area contributed by atoms with Crippen LogP contribution in [0, 0.1) is 6.92 Å². The van der Waals surface area contributed by atoms with Crippen molar-refractivity contribution in [2.24, 2.45) is 0 Å². The van der Waals surface area contributed by atoms with E-state index in [1.165, 1.54) is 13.1 Å². The van der Waals surface area contributed by atoms with Crippen molar-refractivity contribution < 1.29 is 27.5 Å². The average Bonchev–Trinajstić information content (AvgIpc) is 3.21. The summed E-state index contributed by atoms with van der Waals surface area (Å²) >= 11 is 0. The molecule has 0 aliphatic heterocycles. The molecule has 1 amide bonds. The number of alkyl halides is 3. The van der Waals surface area contributed by atoms with E-state index in [2.05, 4.69) is 20.1 Å². The Morgan fingerprint density at radius 3 is 2.60 bits per heavy atom. The Morgan fingerprint density at radius 2 is 1.89 bits per heavy atom. The normalized spacial score (nSPS) is 12.4. The van der Waals surface area contributed by atoms with Crippen LogP contribution in [0.3, 0.4) is 0 Å². The number of amides is 1. The maximum atomic E-state index is 12.5. The van der Waals surface area contributed by atoms with Crippen molar-refractivity contribution in [2.75, 3.05) is 5.32 Å². The predicted octanol–water partition coefficient (Wildman–Crippen LogP) is 4.59. The summed E-state index contributed by atoms with van der Waals surface area (Å²) in [6.45, 7) is 3.39. The Kier molecular flexibility index (Phi) is 6.50. The van der Waals surface area contributed by atoms with Crippen molar-refractivity contribution in [1.82, 2.24) is 19.6 Å². The third kappa shape index (κ3) is 5.13. The van der Waals surface area contributed by atoms with Gasteiger partial charge >= 0.3 is 12.1 Å². The fraction of sp³-hybridized carbons (Fsp3) is 0.208. The summed E-state index contributed by atoms with van der Waals surface area (Å²) in [5, 5.41) is 6.82. The first-order valence-corrected chi connectivity index (χ1v) is 10.6. The third-order valence-corrected chi connectivity index (χ3v) is 5.11. The number of imidazole rings is 1. The number of pyridine rings is 1. The number of aryl methyl sites for hydroxylation is 1. The van der Waals surface area contributed by atoms with Gasteiger partial charge in [-0.3, -0.25) is 4.79 Å². The van der Waals surface area contributed by atoms with E-state index >= 15 is 0 Å². The Morgan fingerprint density at radius 1 is 1.09 bits per heavy atom. The van der Waals surface area contributed by atoms with Crippen LogP contribution in [0.2, 0.25) is 0 Å². The lowest BCUT2D eigenvalue weighted by Gasteiger charge is -2.16. The lowest BCUT2D eigenvalue weighted by molar-refractivity contribution is -0.204. The molecule has 1 aromatic carbocycles. The largest absolute Gasteiger partial charge is 0.490 e. The molecule has 0 radical (unpaired) electrons. The van der Waals surface area contributed by atoms with Crippen molar-refractivity contribution >= 4 is 23.3 Å². The van der Waals surface area contributed by atoms with Gasteiger partial charge in [0.05, 0.1) is 5.69 Å². The topological polar surface area (TPSA) is 98.5 Å². The second-order valence-corrected chi connectivity index (χ2v) is 7.69. The quantitative estimate of drug-likeness (QED) is 0.403. The molecule has 8 nitrogen and oxygen atoms in total. The van der Waals surface area contributed by atoms with Gasteiger partial charge in [-0.05, 0) is 43.7 Å². The molecular formula is C24H20F3N5O3. The second kappa shape index (κ2) is 9.53. The van der Waals surface area contributed by atoms with Crippen LogP contribution in [0.25, 0.3) is 28.2 Å². The monoisotopic (exact) mass is 483 g/mol. The molecule has 3 heterocycles. The molecule has 0 aliphatic carbocycles. The number of halogens is 3. The number of ether oxygens (including phenoxy) is 1. The molecular weight excluding hydrogens is 463 g/mol. The van der Waals surface area contributed by atoms with Gasteiger partial charge in [0.25, 0.3) is 5.91 Å². The number of fused-ring (bicyclic) bond motifs is 1. The zero-order chi connectivity index (χ0) is 25.2. The molecule has 0 saturated heterocycles. The molecule has 11 heteroatoms. The first kappa shape index (κ1) is 23.9. The van der Waals surface area contributed by atoms with Crippen LogP contribution in [0.15, 0.2) is 60.9 Å². The molecule has 0 spiro atoms. The first-order valence-electron chi connectivity index (χ1n) is 10.6. The fourth-order valence-electron chi connectivity index (χ4n) is 3.51. The van der Waals surface area contributed by atoms with E-state index < -0.39 is 24.2 Å². The van der Waals surface area contributed by atoms with Gasteiger partial charge in [-0.15, -0.1) is 0 Å². The number of hydrogen-bond donors (Lipinski definition) is 1. The molecule has 1 N–H and O–H groups in total. The van der Waals surface area contributed by atoms with Gasteiger partial charge in [0.2, 0.25) is 0 Å². The zero-order valence-corrected chi connectivity index (χ0v) is 18.7. The number of aromatic nitrogens is 4. The molecule has 180 valence electrons. The van der Waals surface area contributed by atoms with E-state index in [0.717, 1.165) is 11.1 Å². The van der Waals surface area contributed by atoms with Crippen LogP contribution < -0.4 is 5.32 Å².